The van der Waals surface area contributed by atoms with Crippen LogP contribution < -0.4 is 9.47 Å². The first-order valence-electron chi connectivity index (χ1n) is 7.17. The van der Waals surface area contributed by atoms with Gasteiger partial charge in [0.25, 0.3) is 0 Å². The summed E-state index contributed by atoms with van der Waals surface area (Å²) in [4.78, 5) is 11.7. The molecule has 0 saturated heterocycles. The van der Waals surface area contributed by atoms with Crippen molar-refractivity contribution in [2.24, 2.45) is 0 Å². The molecule has 0 spiro atoms. The molecule has 0 aliphatic heterocycles. The fraction of sp³-hybridized carbons (Fsp3) is 0.353. The summed E-state index contributed by atoms with van der Waals surface area (Å²) >= 11 is 0. The fourth-order valence-corrected chi connectivity index (χ4v) is 2.16. The van der Waals surface area contributed by atoms with Crippen molar-refractivity contribution in [2.75, 3.05) is 6.61 Å². The van der Waals surface area contributed by atoms with Gasteiger partial charge in [-0.25, -0.2) is 0 Å². The molecule has 2 aromatic carbocycles. The third-order valence-corrected chi connectivity index (χ3v) is 3.28. The smallest absolute Gasteiger partial charge is 0.311 e. The van der Waals surface area contributed by atoms with Crippen LogP contribution in [0.4, 0.5) is 0 Å². The molecule has 0 fully saturated rings. The molecule has 0 aliphatic rings. The summed E-state index contributed by atoms with van der Waals surface area (Å²) in [5, 5.41) is 11.7. The fourth-order valence-electron chi connectivity index (χ4n) is 2.16. The molecule has 112 valence electrons. The van der Waals surface area contributed by atoms with E-state index in [1.165, 1.54) is 0 Å². The number of hydrogen-bond donors (Lipinski definition) is 1. The van der Waals surface area contributed by atoms with Crippen molar-refractivity contribution in [2.45, 2.75) is 33.6 Å². The van der Waals surface area contributed by atoms with Crippen LogP contribution >= 0.6 is 0 Å². The Morgan fingerprint density at radius 2 is 1.81 bits per heavy atom. The van der Waals surface area contributed by atoms with Gasteiger partial charge in [-0.2, -0.15) is 0 Å². The molecule has 0 heterocycles. The topological polar surface area (TPSA) is 55.8 Å². The first-order chi connectivity index (χ1) is 10.1. The number of phenolic OH excluding ortho intramolecular Hbond substituents is 1. The summed E-state index contributed by atoms with van der Waals surface area (Å²) in [6.45, 7) is 5.99. The Kier molecular flexibility index (Phi) is 4.68. The van der Waals surface area contributed by atoms with Gasteiger partial charge in [0.1, 0.15) is 5.75 Å². The van der Waals surface area contributed by atoms with Gasteiger partial charge in [0.15, 0.2) is 11.5 Å². The zero-order chi connectivity index (χ0) is 15.4. The van der Waals surface area contributed by atoms with Crippen molar-refractivity contribution in [1.29, 1.82) is 0 Å². The highest BCUT2D eigenvalue weighted by atomic mass is 16.6. The van der Waals surface area contributed by atoms with Gasteiger partial charge in [-0.05, 0) is 13.3 Å². The van der Waals surface area contributed by atoms with Crippen molar-refractivity contribution in [3.8, 4) is 17.2 Å². The van der Waals surface area contributed by atoms with Crippen molar-refractivity contribution in [3.05, 3.63) is 29.8 Å². The number of carbonyl (C=O) groups is 1. The number of esters is 1. The van der Waals surface area contributed by atoms with Gasteiger partial charge in [0, 0.05) is 22.8 Å². The minimum absolute atomic E-state index is 0.160. The number of aromatic hydroxyl groups is 1. The maximum absolute atomic E-state index is 11.7. The molecule has 0 amide bonds. The van der Waals surface area contributed by atoms with E-state index in [0.717, 1.165) is 6.42 Å². The lowest BCUT2D eigenvalue weighted by Crippen LogP contribution is -2.09. The van der Waals surface area contributed by atoms with Crippen LogP contribution in [0.25, 0.3) is 10.8 Å². The molecule has 0 atom stereocenters. The molecule has 0 radical (unpaired) electrons. The van der Waals surface area contributed by atoms with Gasteiger partial charge >= 0.3 is 5.97 Å². The molecule has 4 nitrogen and oxygen atoms in total. The molecule has 2 aromatic rings. The van der Waals surface area contributed by atoms with E-state index >= 15 is 0 Å². The maximum atomic E-state index is 11.7. The lowest BCUT2D eigenvalue weighted by Gasteiger charge is -2.17. The minimum atomic E-state index is -0.327. The van der Waals surface area contributed by atoms with E-state index in [2.05, 4.69) is 0 Å². The SMILES string of the molecule is CCCOc1c(C)c(O)c2ccccc2c1OC(=O)CC. The lowest BCUT2D eigenvalue weighted by molar-refractivity contribution is -0.134. The number of rotatable bonds is 5. The van der Waals surface area contributed by atoms with Gasteiger partial charge in [0.05, 0.1) is 6.61 Å². The predicted molar refractivity (Wildman–Crippen MR) is 82.1 cm³/mol. The standard InChI is InChI=1S/C17H20O4/c1-4-10-20-16-11(3)15(19)12-8-6-7-9-13(12)17(16)21-14(18)5-2/h6-9,19H,4-5,10H2,1-3H3. The molecular weight excluding hydrogens is 268 g/mol. The Morgan fingerprint density at radius 1 is 1.14 bits per heavy atom. The van der Waals surface area contributed by atoms with Gasteiger partial charge in [-0.3, -0.25) is 4.79 Å². The second-order valence-electron chi connectivity index (χ2n) is 4.85. The van der Waals surface area contributed by atoms with Crippen molar-refractivity contribution in [3.63, 3.8) is 0 Å². The van der Waals surface area contributed by atoms with Crippen LogP contribution in [0.5, 0.6) is 17.2 Å². The van der Waals surface area contributed by atoms with E-state index in [1.807, 2.05) is 25.1 Å². The highest BCUT2D eigenvalue weighted by Crippen LogP contribution is 2.45. The molecule has 0 unspecified atom stereocenters. The Bertz CT molecular complexity index is 661. The monoisotopic (exact) mass is 288 g/mol. The van der Waals surface area contributed by atoms with Gasteiger partial charge < -0.3 is 14.6 Å². The molecule has 0 saturated carbocycles. The minimum Gasteiger partial charge on any atom is -0.507 e. The highest BCUT2D eigenvalue weighted by molar-refractivity contribution is 5.98. The van der Waals surface area contributed by atoms with E-state index in [4.69, 9.17) is 9.47 Å². The first kappa shape index (κ1) is 15.2. The molecule has 0 aromatic heterocycles. The maximum Gasteiger partial charge on any atom is 0.311 e. The van der Waals surface area contributed by atoms with E-state index in [1.54, 1.807) is 19.9 Å². The van der Waals surface area contributed by atoms with Crippen LogP contribution in [0.2, 0.25) is 0 Å². The van der Waals surface area contributed by atoms with Gasteiger partial charge in [0.2, 0.25) is 0 Å². The lowest BCUT2D eigenvalue weighted by atomic mass is 10.0. The summed E-state index contributed by atoms with van der Waals surface area (Å²) in [7, 11) is 0. The second kappa shape index (κ2) is 6.48. The Labute approximate surface area is 124 Å². The zero-order valence-corrected chi connectivity index (χ0v) is 12.6. The molecule has 0 bridgehead atoms. The number of phenols is 1. The number of carbonyl (C=O) groups excluding carboxylic acids is 1. The zero-order valence-electron chi connectivity index (χ0n) is 12.6. The first-order valence-corrected chi connectivity index (χ1v) is 7.17. The summed E-state index contributed by atoms with van der Waals surface area (Å²) in [5.41, 5.74) is 0.584. The molecular formula is C17H20O4. The third-order valence-electron chi connectivity index (χ3n) is 3.28. The van der Waals surface area contributed by atoms with E-state index < -0.39 is 0 Å². The van der Waals surface area contributed by atoms with Crippen LogP contribution in [0.3, 0.4) is 0 Å². The molecule has 1 N–H and O–H groups in total. The number of benzene rings is 2. The van der Waals surface area contributed by atoms with Crippen LogP contribution in [0.15, 0.2) is 24.3 Å². The van der Waals surface area contributed by atoms with E-state index in [9.17, 15) is 9.90 Å². The summed E-state index contributed by atoms with van der Waals surface area (Å²) in [6, 6.07) is 7.28. The number of fused-ring (bicyclic) bond motifs is 1. The number of ether oxygens (including phenoxy) is 2. The van der Waals surface area contributed by atoms with Crippen molar-refractivity contribution < 1.29 is 19.4 Å². The average Bonchev–Trinajstić information content (AvgIpc) is 2.51. The van der Waals surface area contributed by atoms with Gasteiger partial charge in [-0.1, -0.05) is 38.1 Å². The number of hydrogen-bond acceptors (Lipinski definition) is 4. The largest absolute Gasteiger partial charge is 0.507 e. The second-order valence-corrected chi connectivity index (χ2v) is 4.85. The average molecular weight is 288 g/mol. The molecule has 2 rings (SSSR count). The third kappa shape index (κ3) is 2.94. The van der Waals surface area contributed by atoms with Crippen LogP contribution in [-0.2, 0) is 4.79 Å². The Morgan fingerprint density at radius 3 is 2.43 bits per heavy atom. The van der Waals surface area contributed by atoms with E-state index in [0.29, 0.717) is 34.4 Å². The van der Waals surface area contributed by atoms with Crippen molar-refractivity contribution >= 4 is 16.7 Å². The van der Waals surface area contributed by atoms with Crippen LogP contribution in [-0.4, -0.2) is 17.7 Å². The summed E-state index contributed by atoms with van der Waals surface area (Å²) < 4.78 is 11.2. The quantitative estimate of drug-likeness (QED) is 0.668. The predicted octanol–water partition coefficient (Wildman–Crippen LogP) is 3.96. The van der Waals surface area contributed by atoms with E-state index in [-0.39, 0.29) is 18.1 Å². The normalized spacial score (nSPS) is 10.6. The highest BCUT2D eigenvalue weighted by Gasteiger charge is 2.20. The van der Waals surface area contributed by atoms with Crippen LogP contribution in [0, 0.1) is 6.92 Å². The Hall–Kier alpha value is -2.23. The molecule has 4 heteroatoms. The summed E-state index contributed by atoms with van der Waals surface area (Å²) in [5.74, 6) is 0.663. The van der Waals surface area contributed by atoms with Gasteiger partial charge in [-0.15, -0.1) is 0 Å². The summed E-state index contributed by atoms with van der Waals surface area (Å²) in [6.07, 6.45) is 1.11. The van der Waals surface area contributed by atoms with Crippen LogP contribution in [0.1, 0.15) is 32.3 Å². The molecule has 0 aliphatic carbocycles. The molecule has 21 heavy (non-hydrogen) atoms. The van der Waals surface area contributed by atoms with Crippen molar-refractivity contribution in [1.82, 2.24) is 0 Å². The Balaban J connectivity index is 2.68.